The van der Waals surface area contributed by atoms with Crippen LogP contribution in [0.3, 0.4) is 0 Å². The Morgan fingerprint density at radius 1 is 1.50 bits per heavy atom. The van der Waals surface area contributed by atoms with Crippen LogP contribution < -0.4 is 5.32 Å². The Kier molecular flexibility index (Phi) is 2.53. The molecule has 3 nitrogen and oxygen atoms in total. The molecule has 1 aliphatic heterocycles. The van der Waals surface area contributed by atoms with Crippen LogP contribution in [0.1, 0.15) is 26.2 Å². The van der Waals surface area contributed by atoms with E-state index in [9.17, 15) is 14.6 Å². The molecular formula is C10H18FNO2. The molecule has 0 amide bonds. The van der Waals surface area contributed by atoms with E-state index in [2.05, 4.69) is 5.32 Å². The van der Waals surface area contributed by atoms with Crippen molar-refractivity contribution in [2.24, 2.45) is 5.92 Å². The zero-order chi connectivity index (χ0) is 10.3. The summed E-state index contributed by atoms with van der Waals surface area (Å²) in [5, 5.41) is 22.4. The van der Waals surface area contributed by atoms with Gasteiger partial charge in [-0.3, -0.25) is 0 Å². The van der Waals surface area contributed by atoms with Crippen LogP contribution in [0.2, 0.25) is 0 Å². The van der Waals surface area contributed by atoms with Crippen LogP contribution in [0, 0.1) is 5.92 Å². The van der Waals surface area contributed by atoms with Gasteiger partial charge in [0.05, 0.1) is 12.2 Å². The highest BCUT2D eigenvalue weighted by Gasteiger charge is 2.58. The largest absolute Gasteiger partial charge is 0.390 e. The van der Waals surface area contributed by atoms with Gasteiger partial charge < -0.3 is 15.5 Å². The number of alkyl halides is 1. The number of β-amino-alcohol motifs (C(OH)–C–C–N with tert-alkyl or cyclic N) is 1. The zero-order valence-corrected chi connectivity index (χ0v) is 8.41. The van der Waals surface area contributed by atoms with Gasteiger partial charge >= 0.3 is 0 Å². The molecule has 4 atom stereocenters. The Hall–Kier alpha value is -0.190. The van der Waals surface area contributed by atoms with Gasteiger partial charge in [-0.2, -0.15) is 0 Å². The molecule has 3 N–H and O–H groups in total. The third-order valence-corrected chi connectivity index (χ3v) is 3.63. The zero-order valence-electron chi connectivity index (χ0n) is 8.41. The highest BCUT2D eigenvalue weighted by Crippen LogP contribution is 2.48. The number of piperidine rings is 1. The fourth-order valence-corrected chi connectivity index (χ4v) is 2.57. The monoisotopic (exact) mass is 203 g/mol. The summed E-state index contributed by atoms with van der Waals surface area (Å²) in [7, 11) is 0. The van der Waals surface area contributed by atoms with E-state index >= 15 is 0 Å². The first-order valence-electron chi connectivity index (χ1n) is 5.36. The predicted octanol–water partition coefficient (Wildman–Crippen LogP) is 0.208. The second-order valence-electron chi connectivity index (χ2n) is 4.55. The maximum absolute atomic E-state index is 13.7. The lowest BCUT2D eigenvalue weighted by Crippen LogP contribution is -2.60. The molecule has 1 spiro atoms. The minimum Gasteiger partial charge on any atom is -0.390 e. The van der Waals surface area contributed by atoms with Crippen LogP contribution in [0.5, 0.6) is 0 Å². The summed E-state index contributed by atoms with van der Waals surface area (Å²) in [5.74, 6) is -0.434. The van der Waals surface area contributed by atoms with Crippen molar-refractivity contribution in [1.82, 2.24) is 5.32 Å². The summed E-state index contributed by atoms with van der Waals surface area (Å²) < 4.78 is 13.7. The van der Waals surface area contributed by atoms with Crippen molar-refractivity contribution in [2.75, 3.05) is 6.54 Å². The standard InChI is InChI=1S/C10H18FNO2/c1-2-6(11)8-9(14)7(13)5-12-10(8)3-4-10/h6-9,12-14H,2-5H2,1H3/t6-,7-,8-,9+/m1/s1. The van der Waals surface area contributed by atoms with E-state index in [4.69, 9.17) is 0 Å². The number of nitrogens with one attached hydrogen (secondary N) is 1. The lowest BCUT2D eigenvalue weighted by Gasteiger charge is -2.41. The molecule has 1 heterocycles. The van der Waals surface area contributed by atoms with Gasteiger partial charge in [-0.15, -0.1) is 0 Å². The fourth-order valence-electron chi connectivity index (χ4n) is 2.57. The van der Waals surface area contributed by atoms with Crippen molar-refractivity contribution in [2.45, 2.75) is 50.1 Å². The minimum absolute atomic E-state index is 0.214. The molecule has 1 aliphatic carbocycles. The normalized spacial score (nSPS) is 42.4. The third kappa shape index (κ3) is 1.45. The second-order valence-corrected chi connectivity index (χ2v) is 4.55. The van der Waals surface area contributed by atoms with Crippen LogP contribution in [0.4, 0.5) is 4.39 Å². The molecule has 82 valence electrons. The fraction of sp³-hybridized carbons (Fsp3) is 1.00. The van der Waals surface area contributed by atoms with Gasteiger partial charge in [-0.05, 0) is 19.3 Å². The number of halogens is 1. The van der Waals surface area contributed by atoms with E-state index in [1.54, 1.807) is 6.92 Å². The van der Waals surface area contributed by atoms with E-state index in [-0.39, 0.29) is 5.54 Å². The third-order valence-electron chi connectivity index (χ3n) is 3.63. The van der Waals surface area contributed by atoms with E-state index in [0.717, 1.165) is 12.8 Å². The van der Waals surface area contributed by atoms with Gasteiger partial charge in [0.25, 0.3) is 0 Å². The van der Waals surface area contributed by atoms with Gasteiger partial charge in [0.1, 0.15) is 6.17 Å². The highest BCUT2D eigenvalue weighted by atomic mass is 19.1. The number of aliphatic hydroxyl groups is 2. The lowest BCUT2D eigenvalue weighted by atomic mass is 9.80. The van der Waals surface area contributed by atoms with Gasteiger partial charge in [0.15, 0.2) is 0 Å². The average molecular weight is 203 g/mol. The summed E-state index contributed by atoms with van der Waals surface area (Å²) in [5.41, 5.74) is -0.214. The number of aliphatic hydroxyl groups excluding tert-OH is 2. The van der Waals surface area contributed by atoms with Gasteiger partial charge in [0.2, 0.25) is 0 Å². The number of hydrogen-bond acceptors (Lipinski definition) is 3. The van der Waals surface area contributed by atoms with Crippen LogP contribution >= 0.6 is 0 Å². The maximum atomic E-state index is 13.7. The average Bonchev–Trinajstić information content (AvgIpc) is 2.93. The van der Waals surface area contributed by atoms with Gasteiger partial charge in [0, 0.05) is 18.0 Å². The first-order valence-corrected chi connectivity index (χ1v) is 5.36. The van der Waals surface area contributed by atoms with Crippen molar-refractivity contribution in [3.8, 4) is 0 Å². The summed E-state index contributed by atoms with van der Waals surface area (Å²) in [6, 6.07) is 0. The molecular weight excluding hydrogens is 185 g/mol. The summed E-state index contributed by atoms with van der Waals surface area (Å²) in [6.45, 7) is 2.16. The molecule has 14 heavy (non-hydrogen) atoms. The highest BCUT2D eigenvalue weighted by molar-refractivity contribution is 5.14. The van der Waals surface area contributed by atoms with E-state index in [0.29, 0.717) is 13.0 Å². The smallest absolute Gasteiger partial charge is 0.107 e. The first-order chi connectivity index (χ1) is 6.60. The Bertz CT molecular complexity index is 220. The summed E-state index contributed by atoms with van der Waals surface area (Å²) >= 11 is 0. The predicted molar refractivity (Wildman–Crippen MR) is 50.7 cm³/mol. The van der Waals surface area contributed by atoms with Crippen LogP contribution in [-0.2, 0) is 0 Å². The summed E-state index contributed by atoms with van der Waals surface area (Å²) in [6.07, 6.45) is -0.513. The quantitative estimate of drug-likeness (QED) is 0.601. The second kappa shape index (κ2) is 3.43. The Morgan fingerprint density at radius 2 is 2.14 bits per heavy atom. The first kappa shape index (κ1) is 10.3. The molecule has 2 rings (SSSR count). The maximum Gasteiger partial charge on any atom is 0.107 e. The van der Waals surface area contributed by atoms with E-state index in [1.807, 2.05) is 0 Å². The molecule has 0 aromatic carbocycles. The SMILES string of the molecule is CC[C@@H](F)[C@@H]1[C@@H](O)[C@H](O)CNC12CC2. The molecule has 0 radical (unpaired) electrons. The van der Waals surface area contributed by atoms with Crippen LogP contribution in [0.15, 0.2) is 0 Å². The molecule has 2 aliphatic rings. The molecule has 4 heteroatoms. The Balaban J connectivity index is 2.14. The lowest BCUT2D eigenvalue weighted by molar-refractivity contribution is -0.0816. The molecule has 0 aromatic heterocycles. The van der Waals surface area contributed by atoms with Crippen molar-refractivity contribution in [3.05, 3.63) is 0 Å². The summed E-state index contributed by atoms with van der Waals surface area (Å²) in [4.78, 5) is 0. The van der Waals surface area contributed by atoms with E-state index in [1.165, 1.54) is 0 Å². The molecule has 0 unspecified atom stereocenters. The number of rotatable bonds is 2. The topological polar surface area (TPSA) is 52.5 Å². The van der Waals surface area contributed by atoms with Crippen LogP contribution in [-0.4, -0.2) is 40.7 Å². The molecule has 2 fully saturated rings. The molecule has 0 aromatic rings. The molecule has 0 bridgehead atoms. The van der Waals surface area contributed by atoms with Crippen molar-refractivity contribution in [1.29, 1.82) is 0 Å². The molecule has 1 saturated carbocycles. The Morgan fingerprint density at radius 3 is 2.64 bits per heavy atom. The van der Waals surface area contributed by atoms with Gasteiger partial charge in [-0.1, -0.05) is 6.92 Å². The van der Waals surface area contributed by atoms with Gasteiger partial charge in [-0.25, -0.2) is 4.39 Å². The van der Waals surface area contributed by atoms with Crippen molar-refractivity contribution in [3.63, 3.8) is 0 Å². The van der Waals surface area contributed by atoms with Crippen molar-refractivity contribution < 1.29 is 14.6 Å². The molecule has 1 saturated heterocycles. The number of hydrogen-bond donors (Lipinski definition) is 3. The minimum atomic E-state index is -1.02. The van der Waals surface area contributed by atoms with Crippen molar-refractivity contribution >= 4 is 0 Å². The Labute approximate surface area is 83.3 Å². The van der Waals surface area contributed by atoms with Crippen LogP contribution in [0.25, 0.3) is 0 Å². The van der Waals surface area contributed by atoms with E-state index < -0.39 is 24.3 Å².